The molecule has 1 saturated heterocycles. The molecular weight excluding hydrogens is 222 g/mol. The molecule has 100 valence electrons. The monoisotopic (exact) mass is 245 g/mol. The molecule has 1 fully saturated rings. The van der Waals surface area contributed by atoms with Gasteiger partial charge in [0.05, 0.1) is 6.42 Å². The van der Waals surface area contributed by atoms with Crippen molar-refractivity contribution in [2.24, 2.45) is 0 Å². The van der Waals surface area contributed by atoms with Crippen LogP contribution in [0.5, 0.6) is 0 Å². The summed E-state index contributed by atoms with van der Waals surface area (Å²) in [5, 5.41) is 0. The molecule has 0 amide bonds. The lowest BCUT2D eigenvalue weighted by atomic mass is 10.4. The molecule has 1 rings (SSSR count). The third-order valence-corrected chi connectivity index (χ3v) is 2.68. The molecule has 17 heavy (non-hydrogen) atoms. The van der Waals surface area contributed by atoms with Crippen LogP contribution in [0.15, 0.2) is 0 Å². The number of esters is 1. The number of carbonyl (C=O) groups excluding carboxylic acids is 1. The van der Waals surface area contributed by atoms with E-state index in [1.165, 1.54) is 0 Å². The van der Waals surface area contributed by atoms with Gasteiger partial charge in [-0.05, 0) is 20.8 Å². The van der Waals surface area contributed by atoms with E-state index >= 15 is 0 Å². The van der Waals surface area contributed by atoms with Crippen LogP contribution in [-0.4, -0.2) is 56.1 Å². The second kappa shape index (κ2) is 7.63. The first-order valence-corrected chi connectivity index (χ1v) is 6.30. The molecule has 0 spiro atoms. The smallest absolute Gasteiger partial charge is 0.307 e. The summed E-state index contributed by atoms with van der Waals surface area (Å²) >= 11 is 0. The Hall–Kier alpha value is -0.650. The van der Waals surface area contributed by atoms with Gasteiger partial charge in [-0.25, -0.2) is 0 Å². The van der Waals surface area contributed by atoms with E-state index in [4.69, 9.17) is 14.2 Å². The molecule has 5 heteroatoms. The van der Waals surface area contributed by atoms with Crippen LogP contribution in [0.25, 0.3) is 0 Å². The molecule has 0 N–H and O–H groups in total. The molecule has 0 bridgehead atoms. The van der Waals surface area contributed by atoms with E-state index in [-0.39, 0.29) is 12.6 Å². The van der Waals surface area contributed by atoms with E-state index in [2.05, 4.69) is 11.8 Å². The molecule has 0 aromatic heterocycles. The van der Waals surface area contributed by atoms with Crippen LogP contribution < -0.4 is 0 Å². The highest BCUT2D eigenvalue weighted by Gasteiger charge is 2.28. The Bertz CT molecular complexity index is 229. The molecule has 0 aliphatic carbocycles. The van der Waals surface area contributed by atoms with E-state index in [9.17, 15) is 4.79 Å². The quantitative estimate of drug-likeness (QED) is 0.345. The van der Waals surface area contributed by atoms with E-state index in [0.29, 0.717) is 25.7 Å². The zero-order valence-electron chi connectivity index (χ0n) is 11.0. The Labute approximate surface area is 103 Å². The van der Waals surface area contributed by atoms with Crippen molar-refractivity contribution in [3.05, 3.63) is 0 Å². The van der Waals surface area contributed by atoms with Crippen molar-refractivity contribution in [2.45, 2.75) is 39.5 Å². The van der Waals surface area contributed by atoms with Gasteiger partial charge in [0.1, 0.15) is 6.61 Å². The summed E-state index contributed by atoms with van der Waals surface area (Å²) in [5.74, 6) is -0.187. The third-order valence-electron chi connectivity index (χ3n) is 2.68. The Morgan fingerprint density at radius 1 is 1.35 bits per heavy atom. The van der Waals surface area contributed by atoms with Crippen molar-refractivity contribution in [3.8, 4) is 0 Å². The van der Waals surface area contributed by atoms with Gasteiger partial charge >= 0.3 is 5.97 Å². The minimum atomic E-state index is -0.436. The molecule has 1 aliphatic rings. The van der Waals surface area contributed by atoms with Crippen LogP contribution in [0.1, 0.15) is 27.2 Å². The number of hydrogen-bond donors (Lipinski definition) is 0. The summed E-state index contributed by atoms with van der Waals surface area (Å²) in [5.41, 5.74) is 0. The van der Waals surface area contributed by atoms with Crippen molar-refractivity contribution in [1.82, 2.24) is 4.90 Å². The van der Waals surface area contributed by atoms with Crippen LogP contribution in [0.3, 0.4) is 0 Å². The number of rotatable bonds is 9. The van der Waals surface area contributed by atoms with Crippen molar-refractivity contribution < 1.29 is 19.0 Å². The van der Waals surface area contributed by atoms with E-state index in [1.807, 2.05) is 13.8 Å². The SMILES string of the molecule is CCOC(COC(=O)CCN1CC1C)OCC. The van der Waals surface area contributed by atoms with Gasteiger partial charge in [-0.1, -0.05) is 0 Å². The molecule has 1 heterocycles. The molecule has 0 aromatic rings. The fraction of sp³-hybridized carbons (Fsp3) is 0.917. The van der Waals surface area contributed by atoms with Gasteiger partial charge in [0, 0.05) is 32.3 Å². The van der Waals surface area contributed by atoms with E-state index in [0.717, 1.165) is 13.1 Å². The highest BCUT2D eigenvalue weighted by molar-refractivity contribution is 5.69. The lowest BCUT2D eigenvalue weighted by Crippen LogP contribution is -2.26. The number of hydrogen-bond acceptors (Lipinski definition) is 5. The second-order valence-corrected chi connectivity index (χ2v) is 4.12. The molecule has 2 unspecified atom stereocenters. The summed E-state index contributed by atoms with van der Waals surface area (Å²) in [6.07, 6.45) is 0.00378. The average molecular weight is 245 g/mol. The Morgan fingerprint density at radius 2 is 1.94 bits per heavy atom. The molecule has 0 radical (unpaired) electrons. The summed E-state index contributed by atoms with van der Waals surface area (Å²) in [4.78, 5) is 13.7. The first-order valence-electron chi connectivity index (χ1n) is 6.30. The molecule has 5 nitrogen and oxygen atoms in total. The topological polar surface area (TPSA) is 47.8 Å². The number of ether oxygens (including phenoxy) is 3. The fourth-order valence-electron chi connectivity index (χ4n) is 1.59. The molecular formula is C12H23NO4. The largest absolute Gasteiger partial charge is 0.460 e. The standard InChI is InChI=1S/C12H23NO4/c1-4-15-12(16-5-2)9-17-11(14)6-7-13-8-10(13)3/h10,12H,4-9H2,1-3H3. The maximum atomic E-state index is 11.4. The molecule has 0 aromatic carbocycles. The first-order chi connectivity index (χ1) is 8.17. The third kappa shape index (κ3) is 6.00. The number of nitrogens with zero attached hydrogens (tertiary/aromatic N) is 1. The lowest BCUT2D eigenvalue weighted by molar-refractivity contribution is -0.179. The minimum Gasteiger partial charge on any atom is -0.460 e. The van der Waals surface area contributed by atoms with Crippen molar-refractivity contribution in [1.29, 1.82) is 0 Å². The average Bonchev–Trinajstić information content (AvgIpc) is 3.00. The van der Waals surface area contributed by atoms with Gasteiger partial charge in [0.2, 0.25) is 0 Å². The predicted molar refractivity (Wildman–Crippen MR) is 63.7 cm³/mol. The fourth-order valence-corrected chi connectivity index (χ4v) is 1.59. The predicted octanol–water partition coefficient (Wildman–Crippen LogP) is 1.02. The maximum Gasteiger partial charge on any atom is 0.307 e. The van der Waals surface area contributed by atoms with Gasteiger partial charge in [-0.3, -0.25) is 9.69 Å². The summed E-state index contributed by atoms with van der Waals surface area (Å²) in [7, 11) is 0. The van der Waals surface area contributed by atoms with E-state index in [1.54, 1.807) is 0 Å². The van der Waals surface area contributed by atoms with Crippen molar-refractivity contribution >= 4 is 5.97 Å². The normalized spacial score (nSPS) is 22.8. The van der Waals surface area contributed by atoms with Crippen LogP contribution >= 0.6 is 0 Å². The van der Waals surface area contributed by atoms with Gasteiger partial charge in [-0.2, -0.15) is 0 Å². The summed E-state index contributed by atoms with van der Waals surface area (Å²) < 4.78 is 15.7. The Kier molecular flexibility index (Phi) is 6.47. The Morgan fingerprint density at radius 3 is 2.41 bits per heavy atom. The van der Waals surface area contributed by atoms with Gasteiger partial charge < -0.3 is 14.2 Å². The maximum absolute atomic E-state index is 11.4. The van der Waals surface area contributed by atoms with Crippen LogP contribution in [0, 0.1) is 0 Å². The van der Waals surface area contributed by atoms with Crippen molar-refractivity contribution in [3.63, 3.8) is 0 Å². The van der Waals surface area contributed by atoms with Crippen LogP contribution in [-0.2, 0) is 19.0 Å². The Balaban J connectivity index is 2.07. The van der Waals surface area contributed by atoms with Gasteiger partial charge in [0.15, 0.2) is 6.29 Å². The number of carbonyl (C=O) groups is 1. The molecule has 1 aliphatic heterocycles. The molecule has 0 saturated carbocycles. The lowest BCUT2D eigenvalue weighted by Gasteiger charge is -2.16. The highest BCUT2D eigenvalue weighted by Crippen LogP contribution is 2.15. The highest BCUT2D eigenvalue weighted by atomic mass is 16.7. The van der Waals surface area contributed by atoms with Crippen LogP contribution in [0.4, 0.5) is 0 Å². The van der Waals surface area contributed by atoms with Crippen LogP contribution in [0.2, 0.25) is 0 Å². The zero-order chi connectivity index (χ0) is 12.7. The first kappa shape index (κ1) is 14.4. The zero-order valence-corrected chi connectivity index (χ0v) is 11.0. The second-order valence-electron chi connectivity index (χ2n) is 4.12. The molecule has 2 atom stereocenters. The van der Waals surface area contributed by atoms with E-state index < -0.39 is 6.29 Å². The summed E-state index contributed by atoms with van der Waals surface area (Å²) in [6, 6.07) is 0.627. The summed E-state index contributed by atoms with van der Waals surface area (Å²) in [6.45, 7) is 9.07. The van der Waals surface area contributed by atoms with Crippen molar-refractivity contribution in [2.75, 3.05) is 32.9 Å². The minimum absolute atomic E-state index is 0.177. The van der Waals surface area contributed by atoms with Gasteiger partial charge in [0.25, 0.3) is 0 Å². The van der Waals surface area contributed by atoms with Gasteiger partial charge in [-0.15, -0.1) is 0 Å².